The highest BCUT2D eigenvalue weighted by molar-refractivity contribution is 5.59. The van der Waals surface area contributed by atoms with E-state index in [2.05, 4.69) is 5.32 Å². The summed E-state index contributed by atoms with van der Waals surface area (Å²) in [4.78, 5) is 0. The molecule has 1 aromatic carbocycles. The van der Waals surface area contributed by atoms with E-state index in [1.807, 2.05) is 18.2 Å². The molecule has 0 spiro atoms. The van der Waals surface area contributed by atoms with Crippen LogP contribution in [0.3, 0.4) is 0 Å². The summed E-state index contributed by atoms with van der Waals surface area (Å²) in [5.74, 6) is 1.50. The van der Waals surface area contributed by atoms with Crippen molar-refractivity contribution in [2.45, 2.75) is 44.1 Å². The Kier molecular flexibility index (Phi) is 5.12. The zero-order chi connectivity index (χ0) is 14.4. The van der Waals surface area contributed by atoms with Crippen molar-refractivity contribution in [3.8, 4) is 11.5 Å². The third kappa shape index (κ3) is 3.79. The maximum absolute atomic E-state index is 10.6. The molecule has 1 fully saturated rings. The number of hydrogen-bond acceptors (Lipinski definition) is 4. The van der Waals surface area contributed by atoms with Crippen LogP contribution in [-0.4, -0.2) is 31.5 Å². The molecule has 0 aromatic heterocycles. The van der Waals surface area contributed by atoms with Gasteiger partial charge in [0.2, 0.25) is 0 Å². The Morgan fingerprint density at radius 3 is 2.40 bits per heavy atom. The van der Waals surface area contributed by atoms with Gasteiger partial charge in [0, 0.05) is 12.6 Å². The topological polar surface area (TPSA) is 50.7 Å². The minimum atomic E-state index is -0.596. The van der Waals surface area contributed by atoms with Crippen molar-refractivity contribution in [3.05, 3.63) is 18.2 Å². The first-order valence-corrected chi connectivity index (χ1v) is 7.35. The molecule has 20 heavy (non-hydrogen) atoms. The third-order valence-electron chi connectivity index (χ3n) is 4.05. The van der Waals surface area contributed by atoms with Crippen LogP contribution in [0, 0.1) is 0 Å². The van der Waals surface area contributed by atoms with E-state index in [9.17, 15) is 5.11 Å². The maximum atomic E-state index is 10.6. The molecular formula is C16H25NO3. The van der Waals surface area contributed by atoms with Crippen molar-refractivity contribution in [2.75, 3.05) is 26.1 Å². The van der Waals surface area contributed by atoms with Crippen molar-refractivity contribution in [3.63, 3.8) is 0 Å². The molecule has 0 heterocycles. The Morgan fingerprint density at radius 1 is 1.10 bits per heavy atom. The van der Waals surface area contributed by atoms with Crippen molar-refractivity contribution >= 4 is 5.69 Å². The second-order valence-corrected chi connectivity index (χ2v) is 5.56. The van der Waals surface area contributed by atoms with Gasteiger partial charge in [-0.05, 0) is 25.0 Å². The molecule has 1 aliphatic carbocycles. The first kappa shape index (κ1) is 15.0. The standard InChI is InChI=1S/C16H25NO3/c1-19-13-7-8-14(15(11-13)20-2)17-12-16(18)9-5-3-4-6-10-16/h7-8,11,17-18H,3-6,9-10,12H2,1-2H3. The van der Waals surface area contributed by atoms with Crippen LogP contribution in [0.25, 0.3) is 0 Å². The van der Waals surface area contributed by atoms with Crippen LogP contribution < -0.4 is 14.8 Å². The summed E-state index contributed by atoms with van der Waals surface area (Å²) in [5.41, 5.74) is 0.299. The van der Waals surface area contributed by atoms with E-state index < -0.39 is 5.60 Å². The van der Waals surface area contributed by atoms with E-state index in [1.165, 1.54) is 12.8 Å². The second-order valence-electron chi connectivity index (χ2n) is 5.56. The molecule has 1 aliphatic rings. The molecule has 1 saturated carbocycles. The van der Waals surface area contributed by atoms with Gasteiger partial charge in [0.25, 0.3) is 0 Å². The summed E-state index contributed by atoms with van der Waals surface area (Å²) in [6.07, 6.45) is 6.43. The molecule has 4 heteroatoms. The Labute approximate surface area is 121 Å². The number of benzene rings is 1. The zero-order valence-electron chi connectivity index (χ0n) is 12.4. The summed E-state index contributed by atoms with van der Waals surface area (Å²) in [7, 11) is 3.27. The first-order chi connectivity index (χ1) is 9.67. The fourth-order valence-corrected chi connectivity index (χ4v) is 2.77. The number of hydrogen-bond donors (Lipinski definition) is 2. The highest BCUT2D eigenvalue weighted by Gasteiger charge is 2.27. The molecule has 2 rings (SSSR count). The fraction of sp³-hybridized carbons (Fsp3) is 0.625. The molecule has 0 saturated heterocycles. The molecule has 0 unspecified atom stereocenters. The molecule has 0 atom stereocenters. The van der Waals surface area contributed by atoms with Crippen molar-refractivity contribution in [2.24, 2.45) is 0 Å². The third-order valence-corrected chi connectivity index (χ3v) is 4.05. The summed E-state index contributed by atoms with van der Waals surface area (Å²) in [5, 5.41) is 14.0. The van der Waals surface area contributed by atoms with Crippen LogP contribution in [0.15, 0.2) is 18.2 Å². The summed E-state index contributed by atoms with van der Waals surface area (Å²) < 4.78 is 10.5. The molecule has 0 radical (unpaired) electrons. The largest absolute Gasteiger partial charge is 0.497 e. The highest BCUT2D eigenvalue weighted by atomic mass is 16.5. The lowest BCUT2D eigenvalue weighted by Gasteiger charge is -2.27. The molecule has 112 valence electrons. The normalized spacial score (nSPS) is 18.1. The van der Waals surface area contributed by atoms with E-state index in [-0.39, 0.29) is 0 Å². The van der Waals surface area contributed by atoms with Gasteiger partial charge in [-0.1, -0.05) is 25.7 Å². The van der Waals surface area contributed by atoms with Gasteiger partial charge in [-0.2, -0.15) is 0 Å². The average Bonchev–Trinajstić information content (AvgIpc) is 2.70. The molecule has 0 aliphatic heterocycles. The van der Waals surface area contributed by atoms with Gasteiger partial charge in [-0.3, -0.25) is 0 Å². The van der Waals surface area contributed by atoms with Crippen LogP contribution in [0.2, 0.25) is 0 Å². The van der Waals surface area contributed by atoms with Gasteiger partial charge < -0.3 is 19.9 Å². The van der Waals surface area contributed by atoms with Gasteiger partial charge in [-0.25, -0.2) is 0 Å². The van der Waals surface area contributed by atoms with Crippen LogP contribution >= 0.6 is 0 Å². The number of nitrogens with one attached hydrogen (secondary N) is 1. The molecule has 2 N–H and O–H groups in total. The van der Waals surface area contributed by atoms with Gasteiger partial charge in [0.05, 0.1) is 25.5 Å². The summed E-state index contributed by atoms with van der Waals surface area (Å²) >= 11 is 0. The lowest BCUT2D eigenvalue weighted by atomic mass is 9.94. The van der Waals surface area contributed by atoms with E-state index in [0.29, 0.717) is 6.54 Å². The monoisotopic (exact) mass is 279 g/mol. The predicted molar refractivity (Wildman–Crippen MR) is 80.7 cm³/mol. The summed E-state index contributed by atoms with van der Waals surface area (Å²) in [6, 6.07) is 5.67. The van der Waals surface area contributed by atoms with Gasteiger partial charge in [-0.15, -0.1) is 0 Å². The van der Waals surface area contributed by atoms with Crippen LogP contribution in [0.4, 0.5) is 5.69 Å². The number of aliphatic hydroxyl groups is 1. The van der Waals surface area contributed by atoms with E-state index in [4.69, 9.17) is 9.47 Å². The maximum Gasteiger partial charge on any atom is 0.145 e. The SMILES string of the molecule is COc1ccc(NCC2(O)CCCCCC2)c(OC)c1. The number of rotatable bonds is 5. The zero-order valence-corrected chi connectivity index (χ0v) is 12.4. The van der Waals surface area contributed by atoms with Crippen molar-refractivity contribution in [1.82, 2.24) is 0 Å². The lowest BCUT2D eigenvalue weighted by Crippen LogP contribution is -2.36. The minimum Gasteiger partial charge on any atom is -0.497 e. The number of methoxy groups -OCH3 is 2. The van der Waals surface area contributed by atoms with Crippen LogP contribution in [0.5, 0.6) is 11.5 Å². The molecule has 4 nitrogen and oxygen atoms in total. The Balaban J connectivity index is 2.02. The first-order valence-electron chi connectivity index (χ1n) is 7.35. The van der Waals surface area contributed by atoms with Gasteiger partial charge in [0.15, 0.2) is 0 Å². The van der Waals surface area contributed by atoms with Gasteiger partial charge >= 0.3 is 0 Å². The number of anilines is 1. The van der Waals surface area contributed by atoms with Gasteiger partial charge in [0.1, 0.15) is 11.5 Å². The smallest absolute Gasteiger partial charge is 0.145 e. The fourth-order valence-electron chi connectivity index (χ4n) is 2.77. The molecular weight excluding hydrogens is 254 g/mol. The Bertz CT molecular complexity index is 426. The van der Waals surface area contributed by atoms with E-state index in [0.717, 1.165) is 42.9 Å². The van der Waals surface area contributed by atoms with Crippen LogP contribution in [0.1, 0.15) is 38.5 Å². The van der Waals surface area contributed by atoms with E-state index in [1.54, 1.807) is 14.2 Å². The molecule has 0 amide bonds. The lowest BCUT2D eigenvalue weighted by molar-refractivity contribution is 0.0381. The van der Waals surface area contributed by atoms with E-state index >= 15 is 0 Å². The Morgan fingerprint density at radius 2 is 1.80 bits per heavy atom. The predicted octanol–water partition coefficient (Wildman–Crippen LogP) is 3.20. The molecule has 0 bridgehead atoms. The average molecular weight is 279 g/mol. The highest BCUT2D eigenvalue weighted by Crippen LogP contribution is 2.31. The molecule has 1 aromatic rings. The Hall–Kier alpha value is -1.42. The second kappa shape index (κ2) is 6.84. The quantitative estimate of drug-likeness (QED) is 0.813. The van der Waals surface area contributed by atoms with Crippen LogP contribution in [-0.2, 0) is 0 Å². The summed E-state index contributed by atoms with van der Waals surface area (Å²) in [6.45, 7) is 0.565. The minimum absolute atomic E-state index is 0.565. The van der Waals surface area contributed by atoms with Crippen molar-refractivity contribution < 1.29 is 14.6 Å². The number of ether oxygens (including phenoxy) is 2. The van der Waals surface area contributed by atoms with Crippen molar-refractivity contribution in [1.29, 1.82) is 0 Å².